The Morgan fingerprint density at radius 1 is 0.941 bits per heavy atom. The summed E-state index contributed by atoms with van der Waals surface area (Å²) in [6.07, 6.45) is 8.34. The molecular formula is C16H20O. The van der Waals surface area contributed by atoms with Crippen LogP contribution in [0.25, 0.3) is 0 Å². The Bertz CT molecular complexity index is 401. The second-order valence-corrected chi connectivity index (χ2v) is 5.71. The molecule has 2 aliphatic carbocycles. The highest BCUT2D eigenvalue weighted by molar-refractivity contribution is 5.93. The maximum Gasteiger partial charge on any atom is 0.146 e. The highest BCUT2D eigenvalue weighted by Gasteiger charge is 2.47. The highest BCUT2D eigenvalue weighted by atomic mass is 16.1. The number of hydrogen-bond acceptors (Lipinski definition) is 1. The van der Waals surface area contributed by atoms with Crippen molar-refractivity contribution in [2.45, 2.75) is 50.9 Å². The quantitative estimate of drug-likeness (QED) is 0.707. The lowest BCUT2D eigenvalue weighted by Crippen LogP contribution is -2.30. The zero-order chi connectivity index (χ0) is 11.7. The lowest BCUT2D eigenvalue weighted by molar-refractivity contribution is -0.128. The van der Waals surface area contributed by atoms with Crippen LogP contribution in [0.1, 0.15) is 56.4 Å². The molecule has 2 saturated carbocycles. The Kier molecular flexibility index (Phi) is 2.78. The summed E-state index contributed by atoms with van der Waals surface area (Å²) < 4.78 is 0. The van der Waals surface area contributed by atoms with E-state index in [0.717, 1.165) is 25.7 Å². The first-order valence-corrected chi connectivity index (χ1v) is 6.91. The molecule has 17 heavy (non-hydrogen) atoms. The van der Waals surface area contributed by atoms with E-state index in [0.29, 0.717) is 5.78 Å². The average Bonchev–Trinajstić information content (AvgIpc) is 2.70. The summed E-state index contributed by atoms with van der Waals surface area (Å²) >= 11 is 0. The molecule has 1 unspecified atom stereocenters. The summed E-state index contributed by atoms with van der Waals surface area (Å²) in [5.41, 5.74) is 1.30. The van der Waals surface area contributed by atoms with E-state index in [1.54, 1.807) is 0 Å². The van der Waals surface area contributed by atoms with Crippen LogP contribution in [0.3, 0.4) is 0 Å². The Morgan fingerprint density at radius 2 is 1.65 bits per heavy atom. The van der Waals surface area contributed by atoms with E-state index in [1.807, 2.05) is 6.07 Å². The molecule has 1 spiro atoms. The molecule has 0 aromatic heterocycles. The van der Waals surface area contributed by atoms with Gasteiger partial charge in [0.05, 0.1) is 0 Å². The number of benzene rings is 1. The zero-order valence-electron chi connectivity index (χ0n) is 10.3. The van der Waals surface area contributed by atoms with Gasteiger partial charge in [0, 0.05) is 11.3 Å². The van der Waals surface area contributed by atoms with E-state index >= 15 is 0 Å². The monoisotopic (exact) mass is 228 g/mol. The molecule has 0 N–H and O–H groups in total. The molecule has 1 nitrogen and oxygen atoms in total. The van der Waals surface area contributed by atoms with Gasteiger partial charge in [0.15, 0.2) is 0 Å². The van der Waals surface area contributed by atoms with E-state index in [9.17, 15) is 4.79 Å². The fourth-order valence-corrected chi connectivity index (χ4v) is 3.77. The summed E-state index contributed by atoms with van der Waals surface area (Å²) in [5, 5.41) is 0. The van der Waals surface area contributed by atoms with Crippen molar-refractivity contribution in [2.24, 2.45) is 5.41 Å². The normalized spacial score (nSPS) is 27.5. The Balaban J connectivity index is 1.85. The minimum absolute atomic E-state index is 0.0682. The first-order valence-electron chi connectivity index (χ1n) is 6.91. The van der Waals surface area contributed by atoms with E-state index in [1.165, 1.54) is 24.8 Å². The first-order chi connectivity index (χ1) is 8.32. The largest absolute Gasteiger partial charge is 0.298 e. The average molecular weight is 228 g/mol. The van der Waals surface area contributed by atoms with Crippen LogP contribution in [-0.2, 0) is 4.79 Å². The van der Waals surface area contributed by atoms with Crippen LogP contribution < -0.4 is 0 Å². The number of ketones is 1. The molecule has 2 aliphatic rings. The smallest absolute Gasteiger partial charge is 0.146 e. The minimum Gasteiger partial charge on any atom is -0.298 e. The van der Waals surface area contributed by atoms with Gasteiger partial charge in [0.25, 0.3) is 0 Å². The molecule has 0 amide bonds. The van der Waals surface area contributed by atoms with Crippen molar-refractivity contribution in [3.8, 4) is 0 Å². The zero-order valence-corrected chi connectivity index (χ0v) is 10.3. The topological polar surface area (TPSA) is 17.1 Å². The molecule has 3 rings (SSSR count). The molecule has 0 aliphatic heterocycles. The number of carbonyl (C=O) groups is 1. The Labute approximate surface area is 103 Å². The van der Waals surface area contributed by atoms with Crippen molar-refractivity contribution in [3.05, 3.63) is 35.9 Å². The molecule has 1 atom stereocenters. The molecule has 0 heterocycles. The summed E-state index contributed by atoms with van der Waals surface area (Å²) in [6.45, 7) is 0. The number of carbonyl (C=O) groups excluding carboxylic acids is 1. The lowest BCUT2D eigenvalue weighted by Gasteiger charge is -2.32. The van der Waals surface area contributed by atoms with Crippen molar-refractivity contribution >= 4 is 5.78 Å². The van der Waals surface area contributed by atoms with Gasteiger partial charge in [-0.25, -0.2) is 0 Å². The second-order valence-electron chi connectivity index (χ2n) is 5.71. The van der Waals surface area contributed by atoms with Gasteiger partial charge in [-0.2, -0.15) is 0 Å². The number of hydrogen-bond donors (Lipinski definition) is 0. The van der Waals surface area contributed by atoms with Gasteiger partial charge < -0.3 is 0 Å². The predicted octanol–water partition coefficient (Wildman–Crippen LogP) is 4.08. The maximum absolute atomic E-state index is 12.7. The van der Waals surface area contributed by atoms with Gasteiger partial charge in [-0.3, -0.25) is 4.79 Å². The molecule has 1 heteroatoms. The standard InChI is InChI=1S/C16H20O/c17-15-14(13-7-3-1-4-8-13)9-12-16(15)10-5-2-6-11-16/h1,3-4,7-8,14H,2,5-6,9-12H2. The van der Waals surface area contributed by atoms with E-state index < -0.39 is 0 Å². The van der Waals surface area contributed by atoms with Crippen molar-refractivity contribution in [1.82, 2.24) is 0 Å². The van der Waals surface area contributed by atoms with Gasteiger partial charge in [0.1, 0.15) is 5.78 Å². The first kappa shape index (κ1) is 11.0. The molecule has 1 aromatic rings. The minimum atomic E-state index is 0.0682. The SMILES string of the molecule is O=C1C(c2ccccc2)CCC12CCCCC2. The maximum atomic E-state index is 12.7. The van der Waals surface area contributed by atoms with E-state index in [-0.39, 0.29) is 11.3 Å². The predicted molar refractivity (Wildman–Crippen MR) is 68.9 cm³/mol. The third kappa shape index (κ3) is 1.82. The molecule has 1 aromatic carbocycles. The van der Waals surface area contributed by atoms with Gasteiger partial charge >= 0.3 is 0 Å². The van der Waals surface area contributed by atoms with Crippen LogP contribution in [0.15, 0.2) is 30.3 Å². The third-order valence-electron chi connectivity index (χ3n) is 4.76. The highest BCUT2D eigenvalue weighted by Crippen LogP contribution is 2.51. The third-order valence-corrected chi connectivity index (χ3v) is 4.76. The van der Waals surface area contributed by atoms with Crippen LogP contribution in [0.4, 0.5) is 0 Å². The molecule has 90 valence electrons. The number of rotatable bonds is 1. The summed E-state index contributed by atoms with van der Waals surface area (Å²) in [5.74, 6) is 0.734. The number of Topliss-reactive ketones (excluding diaryl/α,β-unsaturated/α-hetero) is 1. The van der Waals surface area contributed by atoms with Crippen LogP contribution in [0, 0.1) is 5.41 Å². The van der Waals surface area contributed by atoms with Gasteiger partial charge in [-0.15, -0.1) is 0 Å². The Morgan fingerprint density at radius 3 is 2.35 bits per heavy atom. The van der Waals surface area contributed by atoms with Gasteiger partial charge in [-0.1, -0.05) is 49.6 Å². The van der Waals surface area contributed by atoms with Gasteiger partial charge in [0.2, 0.25) is 0 Å². The second kappa shape index (κ2) is 4.29. The van der Waals surface area contributed by atoms with Gasteiger partial charge in [-0.05, 0) is 31.2 Å². The van der Waals surface area contributed by atoms with Crippen LogP contribution in [0.5, 0.6) is 0 Å². The van der Waals surface area contributed by atoms with Crippen molar-refractivity contribution in [1.29, 1.82) is 0 Å². The molecular weight excluding hydrogens is 208 g/mol. The molecule has 0 bridgehead atoms. The van der Waals surface area contributed by atoms with Crippen LogP contribution >= 0.6 is 0 Å². The molecule has 2 fully saturated rings. The fourth-order valence-electron chi connectivity index (χ4n) is 3.77. The van der Waals surface area contributed by atoms with Crippen LogP contribution in [0.2, 0.25) is 0 Å². The van der Waals surface area contributed by atoms with Crippen molar-refractivity contribution in [2.75, 3.05) is 0 Å². The van der Waals surface area contributed by atoms with E-state index in [4.69, 9.17) is 0 Å². The molecule has 0 saturated heterocycles. The van der Waals surface area contributed by atoms with E-state index in [2.05, 4.69) is 24.3 Å². The Hall–Kier alpha value is -1.11. The lowest BCUT2D eigenvalue weighted by atomic mass is 9.71. The van der Waals surface area contributed by atoms with Crippen molar-refractivity contribution in [3.63, 3.8) is 0 Å². The van der Waals surface area contributed by atoms with Crippen LogP contribution in [-0.4, -0.2) is 5.78 Å². The molecule has 0 radical (unpaired) electrons. The summed E-state index contributed by atoms with van der Waals surface area (Å²) in [7, 11) is 0. The fraction of sp³-hybridized carbons (Fsp3) is 0.562. The van der Waals surface area contributed by atoms with Crippen molar-refractivity contribution < 1.29 is 4.79 Å². The summed E-state index contributed by atoms with van der Waals surface area (Å²) in [6, 6.07) is 10.4. The summed E-state index contributed by atoms with van der Waals surface area (Å²) in [4.78, 5) is 12.7.